The molecule has 1 atom stereocenters. The third kappa shape index (κ3) is 4.69. The number of rotatable bonds is 5. The first-order chi connectivity index (χ1) is 10.8. The van der Waals surface area contributed by atoms with Crippen molar-refractivity contribution < 1.29 is 9.53 Å². The van der Waals surface area contributed by atoms with Crippen LogP contribution in [-0.4, -0.2) is 43.6 Å². The summed E-state index contributed by atoms with van der Waals surface area (Å²) in [5.74, 6) is 0.499. The van der Waals surface area contributed by atoms with Crippen molar-refractivity contribution in [3.63, 3.8) is 0 Å². The summed E-state index contributed by atoms with van der Waals surface area (Å²) in [7, 11) is 1.57. The molecule has 0 aliphatic rings. The lowest BCUT2D eigenvalue weighted by Crippen LogP contribution is -2.44. The second-order valence-electron chi connectivity index (χ2n) is 6.04. The van der Waals surface area contributed by atoms with Gasteiger partial charge in [-0.2, -0.15) is 0 Å². The minimum Gasteiger partial charge on any atom is -0.481 e. The number of amides is 1. The minimum atomic E-state index is -0.289. The highest BCUT2D eigenvalue weighted by atomic mass is 32.2. The Bertz CT molecular complexity index is 663. The van der Waals surface area contributed by atoms with Crippen molar-refractivity contribution in [1.29, 1.82) is 0 Å². The molecule has 0 fully saturated rings. The second kappa shape index (κ2) is 6.99. The lowest BCUT2D eigenvalue weighted by molar-refractivity contribution is -0.121. The fraction of sp³-hybridized carbons (Fsp3) is 0.467. The monoisotopic (exact) mass is 335 g/mol. The summed E-state index contributed by atoms with van der Waals surface area (Å²) in [4.78, 5) is 16.4. The third-order valence-corrected chi connectivity index (χ3v) is 3.93. The van der Waals surface area contributed by atoms with Crippen molar-refractivity contribution in [3.8, 4) is 11.6 Å². The lowest BCUT2D eigenvalue weighted by atomic mass is 10.1. The van der Waals surface area contributed by atoms with Crippen LogP contribution in [0.25, 0.3) is 5.69 Å². The number of thioether (sulfide) groups is 1. The number of ether oxygens (including phenoxy) is 1. The summed E-state index contributed by atoms with van der Waals surface area (Å²) in [5, 5.41) is 11.3. The number of pyridine rings is 1. The van der Waals surface area contributed by atoms with Crippen LogP contribution in [0.15, 0.2) is 29.8 Å². The molecule has 2 heterocycles. The molecule has 0 saturated carbocycles. The number of carbonyl (C=O) groups is 1. The van der Waals surface area contributed by atoms with Gasteiger partial charge < -0.3 is 10.1 Å². The van der Waals surface area contributed by atoms with Crippen molar-refractivity contribution in [2.45, 2.75) is 43.6 Å². The van der Waals surface area contributed by atoms with E-state index in [1.807, 2.05) is 33.8 Å². The van der Waals surface area contributed by atoms with E-state index >= 15 is 0 Å². The van der Waals surface area contributed by atoms with Gasteiger partial charge in [0, 0.05) is 11.6 Å². The Morgan fingerprint density at radius 2 is 2.13 bits per heavy atom. The molecule has 23 heavy (non-hydrogen) atoms. The van der Waals surface area contributed by atoms with Crippen LogP contribution in [0.2, 0.25) is 0 Å². The molecule has 0 saturated heterocycles. The molecule has 0 bridgehead atoms. The zero-order valence-corrected chi connectivity index (χ0v) is 14.7. The normalized spacial score (nSPS) is 12.7. The van der Waals surface area contributed by atoms with Crippen molar-refractivity contribution >= 4 is 17.7 Å². The maximum absolute atomic E-state index is 12.2. The Labute approximate surface area is 139 Å². The van der Waals surface area contributed by atoms with Gasteiger partial charge in [0.25, 0.3) is 0 Å². The molecule has 124 valence electrons. The highest BCUT2D eigenvalue weighted by Gasteiger charge is 2.22. The third-order valence-electron chi connectivity index (χ3n) is 2.87. The van der Waals surface area contributed by atoms with E-state index < -0.39 is 0 Å². The van der Waals surface area contributed by atoms with Gasteiger partial charge in [0.05, 0.1) is 24.2 Å². The summed E-state index contributed by atoms with van der Waals surface area (Å²) in [6.07, 6.45) is 3.27. The van der Waals surface area contributed by atoms with Crippen molar-refractivity contribution in [2.24, 2.45) is 0 Å². The zero-order chi connectivity index (χ0) is 17.0. The predicted octanol–water partition coefficient (Wildman–Crippen LogP) is 2.07. The molecule has 2 rings (SSSR count). The molecular weight excluding hydrogens is 314 g/mol. The summed E-state index contributed by atoms with van der Waals surface area (Å²) in [5.41, 5.74) is 0.543. The number of nitrogens with zero attached hydrogens (tertiary/aromatic N) is 4. The summed E-state index contributed by atoms with van der Waals surface area (Å²) in [6, 6.07) is 3.62. The van der Waals surface area contributed by atoms with Crippen LogP contribution in [0.3, 0.4) is 0 Å². The van der Waals surface area contributed by atoms with Gasteiger partial charge in [0.1, 0.15) is 6.33 Å². The van der Waals surface area contributed by atoms with Gasteiger partial charge in [0.2, 0.25) is 11.8 Å². The van der Waals surface area contributed by atoms with E-state index in [2.05, 4.69) is 20.5 Å². The first-order valence-corrected chi connectivity index (χ1v) is 8.07. The summed E-state index contributed by atoms with van der Waals surface area (Å²) >= 11 is 1.35. The number of hydrogen-bond donors (Lipinski definition) is 1. The Balaban J connectivity index is 2.13. The van der Waals surface area contributed by atoms with E-state index in [1.54, 1.807) is 30.3 Å². The quantitative estimate of drug-likeness (QED) is 0.842. The molecule has 7 nitrogen and oxygen atoms in total. The van der Waals surface area contributed by atoms with Gasteiger partial charge in [-0.25, -0.2) is 4.98 Å². The van der Waals surface area contributed by atoms with Crippen molar-refractivity contribution in [2.75, 3.05) is 7.11 Å². The highest BCUT2D eigenvalue weighted by molar-refractivity contribution is 8.00. The van der Waals surface area contributed by atoms with E-state index in [4.69, 9.17) is 4.74 Å². The first-order valence-electron chi connectivity index (χ1n) is 7.19. The van der Waals surface area contributed by atoms with Crippen LogP contribution in [0.5, 0.6) is 5.88 Å². The van der Waals surface area contributed by atoms with E-state index in [9.17, 15) is 4.79 Å². The van der Waals surface area contributed by atoms with E-state index in [0.29, 0.717) is 11.0 Å². The highest BCUT2D eigenvalue weighted by Crippen LogP contribution is 2.24. The second-order valence-corrected chi connectivity index (χ2v) is 7.35. The average molecular weight is 335 g/mol. The molecule has 0 aliphatic carbocycles. The van der Waals surface area contributed by atoms with E-state index in [0.717, 1.165) is 5.69 Å². The first kappa shape index (κ1) is 17.3. The number of aromatic nitrogens is 4. The molecule has 2 aromatic heterocycles. The lowest BCUT2D eigenvalue weighted by Gasteiger charge is -2.22. The molecule has 0 aliphatic heterocycles. The molecule has 0 unspecified atom stereocenters. The van der Waals surface area contributed by atoms with Gasteiger partial charge in [0.15, 0.2) is 5.16 Å². The van der Waals surface area contributed by atoms with Crippen LogP contribution in [0.4, 0.5) is 0 Å². The van der Waals surface area contributed by atoms with Crippen molar-refractivity contribution in [3.05, 3.63) is 24.7 Å². The van der Waals surface area contributed by atoms with Crippen LogP contribution in [-0.2, 0) is 4.79 Å². The number of hydrogen-bond acceptors (Lipinski definition) is 6. The fourth-order valence-electron chi connectivity index (χ4n) is 1.80. The molecule has 0 aromatic carbocycles. The van der Waals surface area contributed by atoms with Crippen molar-refractivity contribution in [1.82, 2.24) is 25.1 Å². The summed E-state index contributed by atoms with van der Waals surface area (Å²) in [6.45, 7) is 7.70. The van der Waals surface area contributed by atoms with Gasteiger partial charge in [-0.05, 0) is 33.8 Å². The largest absolute Gasteiger partial charge is 0.481 e. The number of methoxy groups -OCH3 is 1. The molecule has 1 N–H and O–H groups in total. The van der Waals surface area contributed by atoms with Crippen LogP contribution < -0.4 is 10.1 Å². The standard InChI is InChI=1S/C15H21N5O2S/c1-10(13(21)18-15(2,3)4)23-14-19-17-9-20(14)11-6-7-12(22-5)16-8-11/h6-10H,1-5H3,(H,18,21)/t10-/m0/s1. The fourth-order valence-corrected chi connectivity index (χ4v) is 2.64. The van der Waals surface area contributed by atoms with Gasteiger partial charge in [-0.15, -0.1) is 10.2 Å². The van der Waals surface area contributed by atoms with Gasteiger partial charge in [-0.1, -0.05) is 11.8 Å². The predicted molar refractivity (Wildman–Crippen MR) is 88.9 cm³/mol. The Kier molecular flexibility index (Phi) is 5.25. The van der Waals surface area contributed by atoms with Crippen LogP contribution in [0, 0.1) is 0 Å². The average Bonchev–Trinajstić information content (AvgIpc) is 2.93. The molecular formula is C15H21N5O2S. The maximum Gasteiger partial charge on any atom is 0.233 e. The molecule has 8 heteroatoms. The van der Waals surface area contributed by atoms with E-state index in [1.165, 1.54) is 11.8 Å². The smallest absolute Gasteiger partial charge is 0.233 e. The van der Waals surface area contributed by atoms with Crippen LogP contribution in [0.1, 0.15) is 27.7 Å². The summed E-state index contributed by atoms with van der Waals surface area (Å²) < 4.78 is 6.84. The van der Waals surface area contributed by atoms with E-state index in [-0.39, 0.29) is 16.7 Å². The number of nitrogens with one attached hydrogen (secondary N) is 1. The zero-order valence-electron chi connectivity index (χ0n) is 13.9. The minimum absolute atomic E-state index is 0.0371. The topological polar surface area (TPSA) is 81.9 Å². The maximum atomic E-state index is 12.2. The number of carbonyl (C=O) groups excluding carboxylic acids is 1. The van der Waals surface area contributed by atoms with Gasteiger partial charge >= 0.3 is 0 Å². The van der Waals surface area contributed by atoms with Gasteiger partial charge in [-0.3, -0.25) is 9.36 Å². The molecule has 1 amide bonds. The SMILES string of the molecule is COc1ccc(-n2cnnc2S[C@@H](C)C(=O)NC(C)(C)C)cn1. The Morgan fingerprint density at radius 3 is 2.70 bits per heavy atom. The Hall–Kier alpha value is -2.09. The molecule has 0 radical (unpaired) electrons. The molecule has 2 aromatic rings. The van der Waals surface area contributed by atoms with Crippen LogP contribution >= 0.6 is 11.8 Å². The molecule has 0 spiro atoms. The Morgan fingerprint density at radius 1 is 1.39 bits per heavy atom.